The Balaban J connectivity index is 0.733. The van der Waals surface area contributed by atoms with Crippen LogP contribution in [-0.2, 0) is 19.1 Å². The molecule has 4 amide bonds. The average molecular weight is 927 g/mol. The number of aromatic nitrogens is 4. The number of likely N-dealkylation sites (N-methyl/N-ethyl adjacent to an activating group) is 2. The molecular weight excluding hydrogens is 865 g/mol. The Hall–Kier alpha value is -5.74. The van der Waals surface area contributed by atoms with Gasteiger partial charge in [-0.05, 0) is 122 Å². The molecule has 16 heteroatoms. The first-order chi connectivity index (χ1) is 32.6. The van der Waals surface area contributed by atoms with E-state index in [1.54, 1.807) is 0 Å². The lowest BCUT2D eigenvalue weighted by atomic mass is 9.85. The number of fused-ring (bicyclic) bond motifs is 2. The number of ether oxygens (including phenoxy) is 2. The first kappa shape index (κ1) is 43.5. The van der Waals surface area contributed by atoms with E-state index in [2.05, 4.69) is 72.3 Å². The largest absolute Gasteiger partial charge is 0.465 e. The van der Waals surface area contributed by atoms with Gasteiger partial charge in [-0.1, -0.05) is 62.4 Å². The molecule has 0 bridgehead atoms. The number of imidazole rings is 2. The van der Waals surface area contributed by atoms with Gasteiger partial charge in [0, 0.05) is 39.4 Å². The van der Waals surface area contributed by atoms with Crippen molar-refractivity contribution in [2.24, 2.45) is 22.7 Å². The van der Waals surface area contributed by atoms with E-state index in [0.717, 1.165) is 96.7 Å². The highest BCUT2D eigenvalue weighted by Gasteiger charge is 2.66. The van der Waals surface area contributed by atoms with Crippen LogP contribution in [-0.4, -0.2) is 136 Å². The molecule has 4 saturated carbocycles. The van der Waals surface area contributed by atoms with E-state index < -0.39 is 24.3 Å². The van der Waals surface area contributed by atoms with Crippen LogP contribution in [0, 0.1) is 22.7 Å². The number of piperidine rings is 2. The number of rotatable bonds is 11. The molecule has 10 atom stereocenters. The summed E-state index contributed by atoms with van der Waals surface area (Å²) in [5, 5.41) is 20.3. The van der Waals surface area contributed by atoms with Gasteiger partial charge < -0.3 is 39.5 Å². The number of likely N-dealkylation sites (tertiary alicyclic amines) is 2. The molecule has 4 aliphatic heterocycles. The zero-order chi connectivity index (χ0) is 47.1. The van der Waals surface area contributed by atoms with Crippen molar-refractivity contribution in [3.05, 3.63) is 72.6 Å². The standard InChI is InChI=1S/C52H62N8O8/c1-49-23-37(59(39(49)25-49)45(61)41(57(3)47(63)64)33-13-19-67-51(21-33)15-16-51)43-53-27-35(55-43)31-9-5-29(6-10-31)30-7-11-32(12-8-30)36-28-54-44(56-36)38-24-50(2)26-40(50)60(38)46(62)42(58(4)48(65)66)34-14-20-68-52(22-34)17-18-52/h5-12,27-28,33-34,37-42H,13-26H2,1-4H3,(H,53,55)(H,54,56)(H,63,64)(H,65,66)/t33?,34?,37-,38-,39+,40+,41?,42?,49-,50-/m0/s1. The monoisotopic (exact) mass is 926 g/mol. The summed E-state index contributed by atoms with van der Waals surface area (Å²) < 4.78 is 12.1. The van der Waals surface area contributed by atoms with Gasteiger partial charge in [0.15, 0.2) is 0 Å². The summed E-state index contributed by atoms with van der Waals surface area (Å²) in [7, 11) is 3.07. The highest BCUT2D eigenvalue weighted by molar-refractivity contribution is 5.88. The topological polar surface area (TPSA) is 198 Å². The first-order valence-corrected chi connectivity index (χ1v) is 24.7. The van der Waals surface area contributed by atoms with Gasteiger partial charge in [-0.3, -0.25) is 19.4 Å². The van der Waals surface area contributed by atoms with E-state index in [0.29, 0.717) is 38.9 Å². The van der Waals surface area contributed by atoms with E-state index in [1.807, 2.05) is 22.2 Å². The van der Waals surface area contributed by atoms with Crippen molar-refractivity contribution in [1.82, 2.24) is 39.5 Å². The minimum Gasteiger partial charge on any atom is -0.465 e. The number of nitrogens with zero attached hydrogens (tertiary/aromatic N) is 6. The molecule has 4 unspecified atom stereocenters. The number of benzene rings is 2. The smallest absolute Gasteiger partial charge is 0.407 e. The molecule has 358 valence electrons. The fraction of sp³-hybridized carbons (Fsp3) is 0.577. The lowest BCUT2D eigenvalue weighted by Gasteiger charge is -2.40. The molecule has 16 nitrogen and oxygen atoms in total. The number of carbonyl (C=O) groups is 4. The summed E-state index contributed by atoms with van der Waals surface area (Å²) in [5.74, 6) is 1.00. The van der Waals surface area contributed by atoms with E-state index in [-0.39, 0.29) is 69.8 Å². The van der Waals surface area contributed by atoms with Crippen molar-refractivity contribution in [2.45, 2.75) is 138 Å². The molecule has 2 aromatic heterocycles. The van der Waals surface area contributed by atoms with Crippen molar-refractivity contribution in [1.29, 1.82) is 0 Å². The molecule has 2 spiro atoms. The van der Waals surface area contributed by atoms with Crippen LogP contribution < -0.4 is 0 Å². The molecule has 0 radical (unpaired) electrons. The van der Waals surface area contributed by atoms with Gasteiger partial charge in [-0.15, -0.1) is 0 Å². The minimum absolute atomic E-state index is 0.0172. The molecule has 2 aromatic carbocycles. The Bertz CT molecular complexity index is 2490. The van der Waals surface area contributed by atoms with Gasteiger partial charge in [0.1, 0.15) is 23.7 Å². The molecule has 12 rings (SSSR count). The third kappa shape index (κ3) is 7.30. The number of aromatic amines is 2. The van der Waals surface area contributed by atoms with E-state index >= 15 is 0 Å². The fourth-order valence-electron chi connectivity index (χ4n) is 13.2. The number of H-pyrrole nitrogens is 2. The minimum atomic E-state index is -1.09. The van der Waals surface area contributed by atoms with E-state index in [1.165, 1.54) is 23.9 Å². The SMILES string of the molecule is CN(C(=O)O)C(C(=O)N1[C@H](c2ncc(-c3ccc(-c4ccc(-c5cnc([C@@H]6C[C@@]7(C)C[C@H]7N6C(=O)C(C6CCOC7(CC7)C6)N(C)C(=O)O)[nH]5)cc4)cc3)[nH]2)C[C@@]2(C)C[C@@H]12)C1CCOC2(CC2)C1. The maximum atomic E-state index is 14.7. The molecular formula is C52H62N8O8. The predicted octanol–water partition coefficient (Wildman–Crippen LogP) is 8.11. The van der Waals surface area contributed by atoms with E-state index in [4.69, 9.17) is 19.4 Å². The zero-order valence-electron chi connectivity index (χ0n) is 39.3. The fourth-order valence-corrected chi connectivity index (χ4v) is 13.2. The van der Waals surface area contributed by atoms with Crippen molar-refractivity contribution in [3.63, 3.8) is 0 Å². The first-order valence-electron chi connectivity index (χ1n) is 24.7. The molecule has 6 heterocycles. The molecule has 4 aliphatic carbocycles. The molecule has 4 saturated heterocycles. The van der Waals surface area contributed by atoms with Gasteiger partial charge in [0.05, 0.1) is 47.1 Å². The second-order valence-corrected chi connectivity index (χ2v) is 22.4. The number of nitrogens with one attached hydrogen (secondary N) is 2. The highest BCUT2D eigenvalue weighted by atomic mass is 16.5. The highest BCUT2D eigenvalue weighted by Crippen LogP contribution is 2.65. The number of hydrogen-bond acceptors (Lipinski definition) is 8. The van der Waals surface area contributed by atoms with Crippen LogP contribution in [0.2, 0.25) is 0 Å². The van der Waals surface area contributed by atoms with Crippen molar-refractivity contribution in [2.75, 3.05) is 27.3 Å². The van der Waals surface area contributed by atoms with Gasteiger partial charge >= 0.3 is 12.2 Å². The van der Waals surface area contributed by atoms with Crippen LogP contribution in [0.4, 0.5) is 9.59 Å². The third-order valence-corrected chi connectivity index (χ3v) is 17.8. The van der Waals surface area contributed by atoms with Crippen molar-refractivity contribution < 1.29 is 38.9 Å². The van der Waals surface area contributed by atoms with E-state index in [9.17, 15) is 29.4 Å². The number of carboxylic acid groups (broad SMARTS) is 2. The van der Waals surface area contributed by atoms with Crippen LogP contribution in [0.25, 0.3) is 33.6 Å². The second kappa shape index (κ2) is 15.4. The molecule has 4 aromatic rings. The summed E-state index contributed by atoms with van der Waals surface area (Å²) in [6, 6.07) is 14.7. The summed E-state index contributed by atoms with van der Waals surface area (Å²) >= 11 is 0. The maximum Gasteiger partial charge on any atom is 0.407 e. The Morgan fingerprint density at radius 3 is 1.32 bits per heavy atom. The van der Waals surface area contributed by atoms with Crippen LogP contribution in [0.1, 0.15) is 115 Å². The van der Waals surface area contributed by atoms with Crippen LogP contribution in [0.5, 0.6) is 0 Å². The number of carbonyl (C=O) groups excluding carboxylic acids is 2. The molecule has 4 N–H and O–H groups in total. The predicted molar refractivity (Wildman–Crippen MR) is 249 cm³/mol. The van der Waals surface area contributed by atoms with Gasteiger partial charge in [0.2, 0.25) is 11.8 Å². The molecule has 8 fully saturated rings. The Labute approximate surface area is 395 Å². The molecule has 68 heavy (non-hydrogen) atoms. The summed E-state index contributed by atoms with van der Waals surface area (Å²) in [4.78, 5) is 77.3. The average Bonchev–Trinajstić information content (AvgIpc) is 4.29. The summed E-state index contributed by atoms with van der Waals surface area (Å²) in [6.45, 7) is 5.53. The van der Waals surface area contributed by atoms with Crippen molar-refractivity contribution >= 4 is 24.0 Å². The number of hydrogen-bond donors (Lipinski definition) is 4. The maximum absolute atomic E-state index is 14.7. The van der Waals surface area contributed by atoms with Crippen LogP contribution in [0.3, 0.4) is 0 Å². The normalized spacial score (nSPS) is 32.0. The van der Waals surface area contributed by atoms with Gasteiger partial charge in [0.25, 0.3) is 0 Å². The zero-order valence-corrected chi connectivity index (χ0v) is 39.3. The summed E-state index contributed by atoms with van der Waals surface area (Å²) in [5.41, 5.74) is 5.31. The molecule has 8 aliphatic rings. The lowest BCUT2D eigenvalue weighted by Crippen LogP contribution is -2.55. The summed E-state index contributed by atoms with van der Waals surface area (Å²) in [6.07, 6.45) is 11.4. The third-order valence-electron chi connectivity index (χ3n) is 17.8. The lowest BCUT2D eigenvalue weighted by molar-refractivity contribution is -0.144. The Kier molecular flexibility index (Phi) is 9.85. The Morgan fingerprint density at radius 2 is 0.971 bits per heavy atom. The van der Waals surface area contributed by atoms with Gasteiger partial charge in [-0.2, -0.15) is 0 Å². The quantitative estimate of drug-likeness (QED) is 0.114. The second-order valence-electron chi connectivity index (χ2n) is 22.4. The van der Waals surface area contributed by atoms with Crippen LogP contribution in [0.15, 0.2) is 60.9 Å². The number of amides is 4. The van der Waals surface area contributed by atoms with Gasteiger partial charge in [-0.25, -0.2) is 19.6 Å². The van der Waals surface area contributed by atoms with Crippen molar-refractivity contribution in [3.8, 4) is 33.6 Å². The Morgan fingerprint density at radius 1 is 0.603 bits per heavy atom. The van der Waals surface area contributed by atoms with Crippen LogP contribution >= 0.6 is 0 Å².